The summed E-state index contributed by atoms with van der Waals surface area (Å²) in [6.07, 6.45) is 3.35. The zero-order valence-corrected chi connectivity index (χ0v) is 11.2. The van der Waals surface area contributed by atoms with Crippen LogP contribution in [0, 0.1) is 6.92 Å². The number of rotatable bonds is 4. The molecule has 0 aliphatic heterocycles. The minimum Gasteiger partial charge on any atom is -0.361 e. The van der Waals surface area contributed by atoms with Gasteiger partial charge in [-0.2, -0.15) is 20.1 Å². The van der Waals surface area contributed by atoms with Crippen LogP contribution in [0.3, 0.4) is 0 Å². The Kier molecular flexibility index (Phi) is 3.30. The summed E-state index contributed by atoms with van der Waals surface area (Å²) in [5, 5.41) is 11.0. The minimum atomic E-state index is 0.0873. The fourth-order valence-electron chi connectivity index (χ4n) is 1.58. The SMILES string of the molecule is Cc1cc(CNc2nc(Cl)nc(-n3cccn3)n2)no1. The number of hydrogen-bond acceptors (Lipinski definition) is 7. The van der Waals surface area contributed by atoms with Gasteiger partial charge in [0, 0.05) is 18.5 Å². The molecule has 20 heavy (non-hydrogen) atoms. The highest BCUT2D eigenvalue weighted by Gasteiger charge is 2.08. The monoisotopic (exact) mass is 291 g/mol. The van der Waals surface area contributed by atoms with Crippen molar-refractivity contribution in [2.24, 2.45) is 0 Å². The Morgan fingerprint density at radius 3 is 2.95 bits per heavy atom. The van der Waals surface area contributed by atoms with Crippen LogP contribution in [-0.4, -0.2) is 29.9 Å². The summed E-state index contributed by atoms with van der Waals surface area (Å²) in [5.74, 6) is 1.43. The lowest BCUT2D eigenvalue weighted by atomic mass is 10.4. The zero-order valence-electron chi connectivity index (χ0n) is 10.5. The highest BCUT2D eigenvalue weighted by atomic mass is 35.5. The second-order valence-electron chi connectivity index (χ2n) is 3.96. The van der Waals surface area contributed by atoms with Crippen LogP contribution < -0.4 is 5.32 Å². The topological polar surface area (TPSA) is 94.6 Å². The van der Waals surface area contributed by atoms with Gasteiger partial charge in [0.25, 0.3) is 5.95 Å². The average molecular weight is 292 g/mol. The van der Waals surface area contributed by atoms with E-state index in [1.807, 2.05) is 13.0 Å². The molecule has 3 aromatic heterocycles. The lowest BCUT2D eigenvalue weighted by molar-refractivity contribution is 0.391. The molecular formula is C11H10ClN7O. The van der Waals surface area contributed by atoms with Crippen LogP contribution in [0.25, 0.3) is 5.95 Å². The van der Waals surface area contributed by atoms with Crippen LogP contribution in [0.4, 0.5) is 5.95 Å². The van der Waals surface area contributed by atoms with Crippen LogP contribution in [-0.2, 0) is 6.54 Å². The first-order valence-electron chi connectivity index (χ1n) is 5.78. The van der Waals surface area contributed by atoms with Gasteiger partial charge in [0.15, 0.2) is 0 Å². The van der Waals surface area contributed by atoms with E-state index in [9.17, 15) is 0 Å². The van der Waals surface area contributed by atoms with Gasteiger partial charge in [-0.05, 0) is 24.6 Å². The number of anilines is 1. The molecule has 0 spiro atoms. The second kappa shape index (κ2) is 5.25. The van der Waals surface area contributed by atoms with E-state index in [-0.39, 0.29) is 5.28 Å². The van der Waals surface area contributed by atoms with Crippen molar-refractivity contribution in [1.29, 1.82) is 0 Å². The van der Waals surface area contributed by atoms with E-state index in [0.29, 0.717) is 18.4 Å². The Morgan fingerprint density at radius 1 is 1.35 bits per heavy atom. The Labute approximate surface area is 118 Å². The molecule has 8 nitrogen and oxygen atoms in total. The number of nitrogens with zero attached hydrogens (tertiary/aromatic N) is 6. The molecule has 0 saturated carbocycles. The first-order chi connectivity index (χ1) is 9.70. The maximum Gasteiger partial charge on any atom is 0.256 e. The van der Waals surface area contributed by atoms with Crippen molar-refractivity contribution in [2.45, 2.75) is 13.5 Å². The van der Waals surface area contributed by atoms with Crippen molar-refractivity contribution in [1.82, 2.24) is 29.9 Å². The summed E-state index contributed by atoms with van der Waals surface area (Å²) < 4.78 is 6.47. The van der Waals surface area contributed by atoms with Crippen molar-refractivity contribution < 1.29 is 4.52 Å². The molecule has 0 saturated heterocycles. The molecule has 3 heterocycles. The molecule has 0 atom stereocenters. The van der Waals surface area contributed by atoms with E-state index in [1.54, 1.807) is 18.5 Å². The normalized spacial score (nSPS) is 10.7. The van der Waals surface area contributed by atoms with Crippen molar-refractivity contribution >= 4 is 17.5 Å². The van der Waals surface area contributed by atoms with E-state index in [2.05, 4.69) is 30.5 Å². The van der Waals surface area contributed by atoms with Gasteiger partial charge in [-0.3, -0.25) is 0 Å². The third-order valence-electron chi connectivity index (χ3n) is 2.41. The Balaban J connectivity index is 1.79. The molecule has 1 N–H and O–H groups in total. The molecule has 0 amide bonds. The van der Waals surface area contributed by atoms with Crippen LogP contribution in [0.5, 0.6) is 0 Å². The van der Waals surface area contributed by atoms with Gasteiger partial charge in [-0.15, -0.1) is 0 Å². The van der Waals surface area contributed by atoms with Crippen LogP contribution in [0.2, 0.25) is 5.28 Å². The molecule has 3 rings (SSSR count). The lowest BCUT2D eigenvalue weighted by Gasteiger charge is -2.05. The van der Waals surface area contributed by atoms with Crippen LogP contribution in [0.1, 0.15) is 11.5 Å². The van der Waals surface area contributed by atoms with E-state index in [0.717, 1.165) is 11.5 Å². The standard InChI is InChI=1S/C11H10ClN7O/c1-7-5-8(18-20-7)6-13-10-15-9(12)16-11(17-10)19-4-2-3-14-19/h2-5H,6H2,1H3,(H,13,15,16,17). The van der Waals surface area contributed by atoms with Crippen LogP contribution in [0.15, 0.2) is 29.0 Å². The van der Waals surface area contributed by atoms with Crippen molar-refractivity contribution in [2.75, 3.05) is 5.32 Å². The summed E-state index contributed by atoms with van der Waals surface area (Å²) in [7, 11) is 0. The number of nitrogens with one attached hydrogen (secondary N) is 1. The fourth-order valence-corrected chi connectivity index (χ4v) is 1.73. The third-order valence-corrected chi connectivity index (χ3v) is 2.58. The van der Waals surface area contributed by atoms with Gasteiger partial charge < -0.3 is 9.84 Å². The Morgan fingerprint density at radius 2 is 2.25 bits per heavy atom. The molecule has 0 aromatic carbocycles. The van der Waals surface area contributed by atoms with Crippen molar-refractivity contribution in [3.8, 4) is 5.95 Å². The molecule has 0 aliphatic carbocycles. The molecule has 102 valence electrons. The summed E-state index contributed by atoms with van der Waals surface area (Å²) in [6.45, 7) is 2.25. The largest absolute Gasteiger partial charge is 0.361 e. The number of aromatic nitrogens is 6. The summed E-state index contributed by atoms with van der Waals surface area (Å²) >= 11 is 5.88. The van der Waals surface area contributed by atoms with Crippen molar-refractivity contribution in [3.05, 3.63) is 41.3 Å². The van der Waals surface area contributed by atoms with E-state index < -0.39 is 0 Å². The molecular weight excluding hydrogens is 282 g/mol. The predicted octanol–water partition coefficient (Wildman–Crippen LogP) is 1.62. The summed E-state index contributed by atoms with van der Waals surface area (Å²) in [6, 6.07) is 3.59. The first kappa shape index (κ1) is 12.5. The van der Waals surface area contributed by atoms with Gasteiger partial charge in [-0.1, -0.05) is 5.16 Å². The predicted molar refractivity (Wildman–Crippen MR) is 70.5 cm³/mol. The highest BCUT2D eigenvalue weighted by Crippen LogP contribution is 2.10. The lowest BCUT2D eigenvalue weighted by Crippen LogP contribution is -2.09. The van der Waals surface area contributed by atoms with Gasteiger partial charge in [0.05, 0.1) is 6.54 Å². The second-order valence-corrected chi connectivity index (χ2v) is 4.30. The smallest absolute Gasteiger partial charge is 0.256 e. The highest BCUT2D eigenvalue weighted by molar-refractivity contribution is 6.28. The summed E-state index contributed by atoms with van der Waals surface area (Å²) in [5.41, 5.74) is 0.750. The number of halogens is 1. The maximum absolute atomic E-state index is 5.88. The van der Waals surface area contributed by atoms with E-state index in [4.69, 9.17) is 16.1 Å². The maximum atomic E-state index is 5.88. The Hall–Kier alpha value is -2.48. The first-order valence-corrected chi connectivity index (χ1v) is 6.16. The number of aryl methyl sites for hydroxylation is 1. The zero-order chi connectivity index (χ0) is 13.9. The van der Waals surface area contributed by atoms with E-state index in [1.165, 1.54) is 4.68 Å². The van der Waals surface area contributed by atoms with Crippen LogP contribution >= 0.6 is 11.6 Å². The van der Waals surface area contributed by atoms with Gasteiger partial charge in [-0.25, -0.2) is 4.68 Å². The molecule has 0 unspecified atom stereocenters. The molecule has 3 aromatic rings. The van der Waals surface area contributed by atoms with Gasteiger partial charge >= 0.3 is 0 Å². The molecule has 0 bridgehead atoms. The molecule has 0 aliphatic rings. The van der Waals surface area contributed by atoms with E-state index >= 15 is 0 Å². The van der Waals surface area contributed by atoms with Gasteiger partial charge in [0.1, 0.15) is 11.5 Å². The van der Waals surface area contributed by atoms with Gasteiger partial charge in [0.2, 0.25) is 11.2 Å². The fraction of sp³-hybridized carbons (Fsp3) is 0.182. The third kappa shape index (κ3) is 2.75. The Bertz CT molecular complexity index is 709. The molecule has 0 fully saturated rings. The number of hydrogen-bond donors (Lipinski definition) is 1. The molecule has 9 heteroatoms. The quantitative estimate of drug-likeness (QED) is 0.780. The molecule has 0 radical (unpaired) electrons. The minimum absolute atomic E-state index is 0.0873. The average Bonchev–Trinajstić information content (AvgIpc) is 3.07. The summed E-state index contributed by atoms with van der Waals surface area (Å²) in [4.78, 5) is 12.2. The van der Waals surface area contributed by atoms with Crippen molar-refractivity contribution in [3.63, 3.8) is 0 Å².